The molecule has 0 saturated carbocycles. The Labute approximate surface area is 74.0 Å². The van der Waals surface area contributed by atoms with Crippen LogP contribution in [0.1, 0.15) is 4.28 Å². The van der Waals surface area contributed by atoms with E-state index in [4.69, 9.17) is 0 Å². The van der Waals surface area contributed by atoms with Gasteiger partial charge in [0.05, 0.1) is 0 Å². The quantitative estimate of drug-likeness (QED) is 0.264. The van der Waals surface area contributed by atoms with Crippen molar-refractivity contribution >= 4 is 51.4 Å². The topological polar surface area (TPSA) is 0 Å². The summed E-state index contributed by atoms with van der Waals surface area (Å²) in [6.07, 6.45) is 0. The average Bonchev–Trinajstić information content (AvgIpc) is 0. The van der Waals surface area contributed by atoms with Crippen molar-refractivity contribution in [3.63, 3.8) is 0 Å². The summed E-state index contributed by atoms with van der Waals surface area (Å²) in [5.41, 5.74) is 0. The summed E-state index contributed by atoms with van der Waals surface area (Å²) >= 11 is 0. The third-order valence-corrected chi connectivity index (χ3v) is 0. The van der Waals surface area contributed by atoms with Crippen LogP contribution in [0.15, 0.2) is 0 Å². The minimum atomic E-state index is 0. The van der Waals surface area contributed by atoms with Gasteiger partial charge in [-0.1, -0.05) is 0 Å². The average molecular weight is 96.4 g/mol. The summed E-state index contributed by atoms with van der Waals surface area (Å²) in [7, 11) is 0. The van der Waals surface area contributed by atoms with E-state index in [0.717, 1.165) is 0 Å². The summed E-state index contributed by atoms with van der Waals surface area (Å²) in [6.45, 7) is 0. The van der Waals surface area contributed by atoms with Crippen LogP contribution in [-0.4, -0.2) is 51.4 Å². The van der Waals surface area contributed by atoms with Gasteiger partial charge in [-0.05, 0) is 11.0 Å². The van der Waals surface area contributed by atoms with E-state index in [-0.39, 0.29) is 74.5 Å². The van der Waals surface area contributed by atoms with Crippen LogP contribution in [-0.2, 0) is 0 Å². The van der Waals surface area contributed by atoms with Gasteiger partial charge in [0.25, 0.3) is 0 Å². The molecule has 4 heavy (non-hydrogen) atoms. The van der Waals surface area contributed by atoms with Crippen LogP contribution in [0.5, 0.6) is 0 Å². The molecule has 0 aliphatic rings. The maximum Gasteiger partial charge on any atom is 2.00 e. The normalized spacial score (nSPS) is 0. The van der Waals surface area contributed by atoms with Gasteiger partial charge >= 0.3 is 41.9 Å². The second-order valence-corrected chi connectivity index (χ2v) is 0. The van der Waals surface area contributed by atoms with E-state index in [1.54, 1.807) is 0 Å². The summed E-state index contributed by atoms with van der Waals surface area (Å²) in [6, 6.07) is 0. The zero-order valence-corrected chi connectivity index (χ0v) is 3.12. The van der Waals surface area contributed by atoms with Gasteiger partial charge in [-0.3, -0.25) is 0 Å². The van der Waals surface area contributed by atoms with Crippen LogP contribution >= 0.6 is 0 Å². The van der Waals surface area contributed by atoms with Gasteiger partial charge in [0.15, 0.2) is 17.4 Å². The summed E-state index contributed by atoms with van der Waals surface area (Å²) in [4.78, 5) is 0. The van der Waals surface area contributed by atoms with E-state index in [1.165, 1.54) is 0 Å². The van der Waals surface area contributed by atoms with Crippen LogP contribution in [0.2, 0.25) is 0 Å². The molecule has 20 valence electrons. The molecule has 0 atom stereocenters. The molecule has 4 heteroatoms. The fraction of sp³-hybridized carbons (Fsp3) is 0. The molecule has 0 saturated heterocycles. The minimum absolute atomic E-state index is 0. The van der Waals surface area contributed by atoms with Crippen molar-refractivity contribution in [1.82, 2.24) is 0 Å². The third kappa shape index (κ3) is 8.93. The first-order chi connectivity index (χ1) is 0. The molecule has 0 heterocycles. The Bertz CT molecular complexity index is 14.9. The zero-order valence-electron chi connectivity index (χ0n) is 4.71. The molecular formula is H10AlLiMgSi. The predicted molar refractivity (Wildman–Crippen MR) is 30.4 cm³/mol. The third-order valence-electron chi connectivity index (χ3n) is 0. The molecule has 0 spiro atoms. The summed E-state index contributed by atoms with van der Waals surface area (Å²) in [5, 5.41) is 0. The van der Waals surface area contributed by atoms with E-state index in [0.29, 0.717) is 0 Å². The monoisotopic (exact) mass is 96.0 g/mol. The molecular weight excluding hydrogens is 86.3 g/mol. The van der Waals surface area contributed by atoms with Crippen LogP contribution in [0.4, 0.5) is 0 Å². The number of hydrogen-bond donors (Lipinski definition) is 0. The van der Waals surface area contributed by atoms with Gasteiger partial charge in [-0.2, -0.15) is 0 Å². The molecule has 0 aromatic heterocycles. The molecule has 0 N–H and O–H groups in total. The van der Waals surface area contributed by atoms with Gasteiger partial charge in [-0.15, -0.1) is 0 Å². The molecule has 0 aliphatic heterocycles. The molecule has 0 aromatic rings. The van der Waals surface area contributed by atoms with Gasteiger partial charge in [-0.25, -0.2) is 0 Å². The van der Waals surface area contributed by atoms with E-state index in [9.17, 15) is 0 Å². The van der Waals surface area contributed by atoms with Crippen molar-refractivity contribution < 1.29 is 23.1 Å². The Kier molecular flexibility index (Phi) is 173. The number of rotatable bonds is 0. The van der Waals surface area contributed by atoms with E-state index in [2.05, 4.69) is 0 Å². The van der Waals surface area contributed by atoms with Crippen LogP contribution in [0.25, 0.3) is 0 Å². The van der Waals surface area contributed by atoms with Crippen molar-refractivity contribution in [3.05, 3.63) is 0 Å². The molecule has 0 fully saturated rings. The Hall–Kier alpha value is 2.11. The van der Waals surface area contributed by atoms with E-state index < -0.39 is 0 Å². The molecule has 0 unspecified atom stereocenters. The Morgan fingerprint density at radius 3 is 1.25 bits per heavy atom. The second kappa shape index (κ2) is 19.4. The Balaban J connectivity index is 0. The molecule has 0 nitrogen and oxygen atoms in total. The first-order valence-electron chi connectivity index (χ1n) is 0. The molecule has 0 radical (unpaired) electrons. The molecule has 0 aliphatic carbocycles. The van der Waals surface area contributed by atoms with E-state index >= 15 is 0 Å². The van der Waals surface area contributed by atoms with Crippen LogP contribution in [0, 0.1) is 0 Å². The maximum atomic E-state index is 0. The second-order valence-electron chi connectivity index (χ2n) is 0. The van der Waals surface area contributed by atoms with Gasteiger partial charge < -0.3 is 4.28 Å². The fourth-order valence-electron chi connectivity index (χ4n) is 0. The van der Waals surface area contributed by atoms with Crippen molar-refractivity contribution in [2.75, 3.05) is 0 Å². The molecule has 0 rings (SSSR count). The number of hydrogen-bond acceptors (Lipinski definition) is 0. The standard InChI is InChI=1S/Al.Li.Mg.H4Si.6H/h;;;1H4;;;;;;/q;+1;+2;;;;;3*-1. The fourth-order valence-corrected chi connectivity index (χ4v) is 0. The van der Waals surface area contributed by atoms with Crippen molar-refractivity contribution in [3.8, 4) is 0 Å². The smallest absolute Gasteiger partial charge is 1.00 e. The predicted octanol–water partition coefficient (Wildman–Crippen LogP) is -5.67. The zero-order chi connectivity index (χ0) is 0. The van der Waals surface area contributed by atoms with Crippen molar-refractivity contribution in [2.24, 2.45) is 0 Å². The minimum Gasteiger partial charge on any atom is -1.00 e. The summed E-state index contributed by atoms with van der Waals surface area (Å²) < 4.78 is 0. The van der Waals surface area contributed by atoms with Crippen LogP contribution in [0.3, 0.4) is 0 Å². The van der Waals surface area contributed by atoms with Crippen molar-refractivity contribution in [2.45, 2.75) is 0 Å². The van der Waals surface area contributed by atoms with Gasteiger partial charge in [0.1, 0.15) is 0 Å². The molecule has 0 amide bonds. The maximum absolute atomic E-state index is 0. The molecule has 0 bridgehead atoms. The van der Waals surface area contributed by atoms with Gasteiger partial charge in [0, 0.05) is 0 Å². The van der Waals surface area contributed by atoms with Crippen molar-refractivity contribution in [1.29, 1.82) is 0 Å². The largest absolute Gasteiger partial charge is 2.00 e. The molecule has 0 aromatic carbocycles. The van der Waals surface area contributed by atoms with Crippen LogP contribution < -0.4 is 18.9 Å². The first-order valence-corrected chi connectivity index (χ1v) is 0. The van der Waals surface area contributed by atoms with E-state index in [1.807, 2.05) is 0 Å². The SMILES string of the molecule is [AlH3].[H-].[H-].[H-].[Li+].[Mg+2].[SiH4]. The Morgan fingerprint density at radius 1 is 1.25 bits per heavy atom. The summed E-state index contributed by atoms with van der Waals surface area (Å²) in [5.74, 6) is 0. The first kappa shape index (κ1) is 35.8. The Morgan fingerprint density at radius 2 is 1.25 bits per heavy atom. The van der Waals surface area contributed by atoms with Gasteiger partial charge in [0.2, 0.25) is 0 Å².